The molecule has 76 valence electrons. The fourth-order valence-corrected chi connectivity index (χ4v) is 2.03. The third-order valence-corrected chi connectivity index (χ3v) is 3.13. The number of hydrogen-bond acceptors (Lipinski definition) is 3. The zero-order valence-electron chi connectivity index (χ0n) is 8.83. The maximum atomic E-state index is 5.90. The van der Waals surface area contributed by atoms with Gasteiger partial charge < -0.3 is 5.73 Å². The molecule has 0 fully saturated rings. The molecule has 0 bridgehead atoms. The van der Waals surface area contributed by atoms with Crippen molar-refractivity contribution in [2.45, 2.75) is 45.1 Å². The number of nitrogens with zero attached hydrogens (tertiary/aromatic N) is 2. The summed E-state index contributed by atoms with van der Waals surface area (Å²) < 4.78 is 0. The summed E-state index contributed by atoms with van der Waals surface area (Å²) in [6, 6.07) is 0.162. The minimum Gasteiger partial charge on any atom is -0.327 e. The Hall–Kier alpha value is -0.960. The van der Waals surface area contributed by atoms with E-state index >= 15 is 0 Å². The van der Waals surface area contributed by atoms with E-state index in [1.807, 2.05) is 6.92 Å². The molecule has 1 aliphatic carbocycles. The summed E-state index contributed by atoms with van der Waals surface area (Å²) in [6.45, 7) is 4.18. The summed E-state index contributed by atoms with van der Waals surface area (Å²) in [7, 11) is 0. The summed E-state index contributed by atoms with van der Waals surface area (Å²) in [6.07, 6.45) is 5.13. The highest BCUT2D eigenvalue weighted by Crippen LogP contribution is 2.27. The Balaban J connectivity index is 2.39. The van der Waals surface area contributed by atoms with E-state index in [2.05, 4.69) is 16.9 Å². The van der Waals surface area contributed by atoms with Gasteiger partial charge in [0, 0.05) is 17.7 Å². The fraction of sp³-hybridized carbons (Fsp3) is 0.636. The monoisotopic (exact) mass is 191 g/mol. The summed E-state index contributed by atoms with van der Waals surface area (Å²) in [4.78, 5) is 8.69. The van der Waals surface area contributed by atoms with Crippen LogP contribution >= 0.6 is 0 Å². The van der Waals surface area contributed by atoms with E-state index in [-0.39, 0.29) is 6.04 Å². The molecule has 1 aromatic heterocycles. The minimum atomic E-state index is 0.162. The summed E-state index contributed by atoms with van der Waals surface area (Å²) in [5.74, 6) is 0.338. The van der Waals surface area contributed by atoms with Crippen molar-refractivity contribution in [2.24, 2.45) is 5.73 Å². The molecule has 1 aromatic rings. The van der Waals surface area contributed by atoms with E-state index in [0.29, 0.717) is 5.92 Å². The van der Waals surface area contributed by atoms with Gasteiger partial charge in [-0.15, -0.1) is 0 Å². The molecule has 0 radical (unpaired) electrons. The molecule has 14 heavy (non-hydrogen) atoms. The second-order valence-corrected chi connectivity index (χ2v) is 4.19. The molecule has 1 aliphatic rings. The molecular weight excluding hydrogens is 174 g/mol. The molecule has 2 N–H and O–H groups in total. The van der Waals surface area contributed by atoms with Crippen LogP contribution in [0.15, 0.2) is 6.33 Å². The van der Waals surface area contributed by atoms with Crippen LogP contribution in [0.1, 0.15) is 43.1 Å². The van der Waals surface area contributed by atoms with Crippen LogP contribution in [0.5, 0.6) is 0 Å². The molecule has 0 spiro atoms. The van der Waals surface area contributed by atoms with Crippen LogP contribution in [0.4, 0.5) is 0 Å². The Kier molecular flexibility index (Phi) is 2.50. The minimum absolute atomic E-state index is 0.162. The van der Waals surface area contributed by atoms with Crippen LogP contribution in [-0.4, -0.2) is 16.0 Å². The molecular formula is C11H17N3. The van der Waals surface area contributed by atoms with E-state index in [0.717, 1.165) is 12.8 Å². The number of rotatable bonds is 2. The Bertz CT molecular complexity index is 333. The predicted molar refractivity (Wildman–Crippen MR) is 56.1 cm³/mol. The smallest absolute Gasteiger partial charge is 0.115 e. The molecule has 2 atom stereocenters. The quantitative estimate of drug-likeness (QED) is 0.769. The molecule has 3 heteroatoms. The summed E-state index contributed by atoms with van der Waals surface area (Å²) >= 11 is 0. The van der Waals surface area contributed by atoms with Crippen molar-refractivity contribution in [1.29, 1.82) is 0 Å². The van der Waals surface area contributed by atoms with E-state index < -0.39 is 0 Å². The Labute approximate surface area is 84.8 Å². The number of hydrogen-bond donors (Lipinski definition) is 1. The van der Waals surface area contributed by atoms with E-state index in [1.165, 1.54) is 23.4 Å². The van der Waals surface area contributed by atoms with Gasteiger partial charge in [-0.1, -0.05) is 6.92 Å². The highest BCUT2D eigenvalue weighted by atomic mass is 14.9. The van der Waals surface area contributed by atoms with Crippen LogP contribution in [0, 0.1) is 0 Å². The van der Waals surface area contributed by atoms with Crippen molar-refractivity contribution in [1.82, 2.24) is 9.97 Å². The molecule has 1 heterocycles. The van der Waals surface area contributed by atoms with Crippen LogP contribution in [-0.2, 0) is 12.8 Å². The molecule has 0 saturated heterocycles. The average Bonchev–Trinajstić information content (AvgIpc) is 2.63. The van der Waals surface area contributed by atoms with Gasteiger partial charge in [-0.25, -0.2) is 9.97 Å². The molecule has 3 nitrogen and oxygen atoms in total. The van der Waals surface area contributed by atoms with E-state index in [1.54, 1.807) is 6.33 Å². The zero-order valence-corrected chi connectivity index (χ0v) is 8.83. The Morgan fingerprint density at radius 2 is 2.07 bits per heavy atom. The van der Waals surface area contributed by atoms with Crippen LogP contribution in [0.2, 0.25) is 0 Å². The first-order valence-corrected chi connectivity index (χ1v) is 5.28. The third-order valence-electron chi connectivity index (χ3n) is 3.13. The lowest BCUT2D eigenvalue weighted by atomic mass is 9.96. The lowest BCUT2D eigenvalue weighted by Crippen LogP contribution is -2.24. The van der Waals surface area contributed by atoms with Crippen LogP contribution < -0.4 is 5.73 Å². The molecule has 2 rings (SSSR count). The van der Waals surface area contributed by atoms with Crippen molar-refractivity contribution in [2.75, 3.05) is 0 Å². The molecule has 0 aliphatic heterocycles. The van der Waals surface area contributed by atoms with Crippen LogP contribution in [0.25, 0.3) is 0 Å². The number of aromatic nitrogens is 2. The van der Waals surface area contributed by atoms with Crippen molar-refractivity contribution < 1.29 is 0 Å². The van der Waals surface area contributed by atoms with Gasteiger partial charge >= 0.3 is 0 Å². The van der Waals surface area contributed by atoms with Crippen LogP contribution in [0.3, 0.4) is 0 Å². The first-order chi connectivity index (χ1) is 6.70. The fourth-order valence-electron chi connectivity index (χ4n) is 2.03. The largest absolute Gasteiger partial charge is 0.327 e. The van der Waals surface area contributed by atoms with Gasteiger partial charge in [0.1, 0.15) is 6.33 Å². The van der Waals surface area contributed by atoms with Gasteiger partial charge in [0.05, 0.1) is 5.69 Å². The normalized spacial score (nSPS) is 19.1. The second kappa shape index (κ2) is 3.65. The van der Waals surface area contributed by atoms with E-state index in [9.17, 15) is 0 Å². The van der Waals surface area contributed by atoms with E-state index in [4.69, 9.17) is 5.73 Å². The number of fused-ring (bicyclic) bond motifs is 1. The van der Waals surface area contributed by atoms with Gasteiger partial charge in [-0.3, -0.25) is 0 Å². The topological polar surface area (TPSA) is 51.8 Å². The van der Waals surface area contributed by atoms with Gasteiger partial charge in [0.2, 0.25) is 0 Å². The predicted octanol–water partition coefficient (Wildman–Crippen LogP) is 1.42. The molecule has 0 saturated carbocycles. The maximum Gasteiger partial charge on any atom is 0.115 e. The Morgan fingerprint density at radius 1 is 1.29 bits per heavy atom. The highest BCUT2D eigenvalue weighted by Gasteiger charge is 2.22. The van der Waals surface area contributed by atoms with Gasteiger partial charge in [0.15, 0.2) is 0 Å². The summed E-state index contributed by atoms with van der Waals surface area (Å²) in [5.41, 5.74) is 9.67. The lowest BCUT2D eigenvalue weighted by Gasteiger charge is -2.17. The van der Waals surface area contributed by atoms with Gasteiger partial charge in [-0.2, -0.15) is 0 Å². The third kappa shape index (κ3) is 1.52. The SMILES string of the molecule is CC(N)C(C)c1ncnc2c1CCC2. The zero-order chi connectivity index (χ0) is 10.1. The summed E-state index contributed by atoms with van der Waals surface area (Å²) in [5, 5.41) is 0. The Morgan fingerprint density at radius 3 is 2.79 bits per heavy atom. The second-order valence-electron chi connectivity index (χ2n) is 4.19. The molecule has 0 aromatic carbocycles. The lowest BCUT2D eigenvalue weighted by molar-refractivity contribution is 0.591. The first-order valence-electron chi connectivity index (χ1n) is 5.28. The van der Waals surface area contributed by atoms with Crippen molar-refractivity contribution >= 4 is 0 Å². The van der Waals surface area contributed by atoms with Gasteiger partial charge in [0.25, 0.3) is 0 Å². The first kappa shape index (κ1) is 9.59. The molecule has 2 unspecified atom stereocenters. The van der Waals surface area contributed by atoms with Crippen molar-refractivity contribution in [3.8, 4) is 0 Å². The number of nitrogens with two attached hydrogens (primary N) is 1. The van der Waals surface area contributed by atoms with Gasteiger partial charge in [-0.05, 0) is 31.7 Å². The van der Waals surface area contributed by atoms with Crippen molar-refractivity contribution in [3.63, 3.8) is 0 Å². The molecule has 0 amide bonds. The standard InChI is InChI=1S/C11H17N3/c1-7(8(2)12)11-9-4-3-5-10(9)13-6-14-11/h6-8H,3-5,12H2,1-2H3. The maximum absolute atomic E-state index is 5.90. The van der Waals surface area contributed by atoms with Crippen molar-refractivity contribution in [3.05, 3.63) is 23.3 Å². The number of aryl methyl sites for hydroxylation is 1. The highest BCUT2D eigenvalue weighted by molar-refractivity contribution is 5.31. The average molecular weight is 191 g/mol.